The molecule has 1 saturated heterocycles. The normalized spacial score (nSPS) is 17.0. The summed E-state index contributed by atoms with van der Waals surface area (Å²) in [6.45, 7) is 6.19. The Morgan fingerprint density at radius 1 is 1.29 bits per heavy atom. The van der Waals surface area contributed by atoms with E-state index in [9.17, 15) is 4.79 Å². The van der Waals surface area contributed by atoms with Crippen molar-refractivity contribution in [1.82, 2.24) is 15.2 Å². The first-order valence-electron chi connectivity index (χ1n) is 12.4. The van der Waals surface area contributed by atoms with Gasteiger partial charge in [-0.15, -0.1) is 17.8 Å². The first kappa shape index (κ1) is 23.6. The number of carbonyl (C=O) groups excluding carboxylic acids is 1. The minimum Gasteiger partial charge on any atom is -0.490 e. The molecular formula is C29H31N3O2S. The molecule has 0 radical (unpaired) electrons. The lowest BCUT2D eigenvalue weighted by Crippen LogP contribution is -2.37. The van der Waals surface area contributed by atoms with Gasteiger partial charge >= 0.3 is 0 Å². The van der Waals surface area contributed by atoms with E-state index in [1.54, 1.807) is 11.3 Å². The van der Waals surface area contributed by atoms with Crippen molar-refractivity contribution >= 4 is 17.2 Å². The molecule has 3 aromatic rings. The van der Waals surface area contributed by atoms with Crippen LogP contribution in [0.25, 0.3) is 21.0 Å². The van der Waals surface area contributed by atoms with Crippen LogP contribution in [0, 0.1) is 12.3 Å². The molecule has 1 fully saturated rings. The van der Waals surface area contributed by atoms with Gasteiger partial charge in [0.25, 0.3) is 0 Å². The average Bonchev–Trinajstić information content (AvgIpc) is 3.63. The Bertz CT molecular complexity index is 1270. The number of ether oxygens (including phenoxy) is 1. The molecule has 0 saturated carbocycles. The lowest BCUT2D eigenvalue weighted by molar-refractivity contribution is -0.129. The number of rotatable bonds is 7. The number of nitrogens with zero attached hydrogens (tertiary/aromatic N) is 2. The fourth-order valence-electron chi connectivity index (χ4n) is 5.05. The lowest BCUT2D eigenvalue weighted by atomic mass is 10.0. The topological polar surface area (TPSA) is 54.5 Å². The Balaban J connectivity index is 1.34. The molecule has 1 aliphatic carbocycles. The van der Waals surface area contributed by atoms with Crippen LogP contribution in [0.1, 0.15) is 55.8 Å². The number of nitrogens with one attached hydrogen (secondary N) is 1. The van der Waals surface area contributed by atoms with Gasteiger partial charge in [-0.3, -0.25) is 4.79 Å². The van der Waals surface area contributed by atoms with Gasteiger partial charge in [0, 0.05) is 30.9 Å². The van der Waals surface area contributed by atoms with E-state index in [0.29, 0.717) is 6.54 Å². The highest BCUT2D eigenvalue weighted by Crippen LogP contribution is 2.41. The van der Waals surface area contributed by atoms with Crippen LogP contribution in [0.15, 0.2) is 42.6 Å². The van der Waals surface area contributed by atoms with Crippen LogP contribution in [0.5, 0.6) is 5.75 Å². The van der Waals surface area contributed by atoms with Crippen molar-refractivity contribution in [2.75, 3.05) is 19.6 Å². The van der Waals surface area contributed by atoms with Crippen molar-refractivity contribution in [3.63, 3.8) is 0 Å². The lowest BCUT2D eigenvalue weighted by Gasteiger charge is -2.19. The van der Waals surface area contributed by atoms with E-state index in [2.05, 4.69) is 29.4 Å². The van der Waals surface area contributed by atoms with Crippen LogP contribution >= 0.6 is 11.3 Å². The number of thiazole rings is 1. The molecule has 6 heteroatoms. The Morgan fingerprint density at radius 2 is 2.11 bits per heavy atom. The Labute approximate surface area is 211 Å². The maximum absolute atomic E-state index is 12.5. The summed E-state index contributed by atoms with van der Waals surface area (Å²) in [5.74, 6) is 3.69. The number of aromatic nitrogens is 1. The van der Waals surface area contributed by atoms with Crippen molar-refractivity contribution in [2.24, 2.45) is 0 Å². The van der Waals surface area contributed by atoms with Gasteiger partial charge in [-0.1, -0.05) is 24.1 Å². The van der Waals surface area contributed by atoms with Gasteiger partial charge in [0.2, 0.25) is 5.91 Å². The molecule has 2 heterocycles. The summed E-state index contributed by atoms with van der Waals surface area (Å²) in [4.78, 5) is 20.3. The zero-order valence-corrected chi connectivity index (χ0v) is 21.2. The standard InChI is InChI=1S/C29H31N3O2S/c1-4-20-16-21(10-13-26(20)34-19(2)3)29-31-17-27(35-29)24-9-7-8-23-22(24)11-12-25(23)30-18-28(33)32-14-5-6-15-32/h1,7-10,13,16-17,19,25,30H,5-6,11-12,14-15,18H2,2-3H3/t25-/m0/s1. The SMILES string of the molecule is C#Cc1cc(-c2ncc(-c3cccc4c3CC[C@@H]4NCC(=O)N3CCCC3)s2)ccc1OC(C)C. The molecular weight excluding hydrogens is 454 g/mol. The molecule has 0 unspecified atom stereocenters. The van der Waals surface area contributed by atoms with E-state index >= 15 is 0 Å². The Morgan fingerprint density at radius 3 is 2.89 bits per heavy atom. The first-order valence-corrected chi connectivity index (χ1v) is 13.2. The summed E-state index contributed by atoms with van der Waals surface area (Å²) in [6.07, 6.45) is 12.0. The fraction of sp³-hybridized carbons (Fsp3) is 0.379. The molecule has 1 amide bonds. The maximum Gasteiger partial charge on any atom is 0.236 e. The summed E-state index contributed by atoms with van der Waals surface area (Å²) in [6, 6.07) is 12.6. The van der Waals surface area contributed by atoms with Crippen LogP contribution in [0.3, 0.4) is 0 Å². The van der Waals surface area contributed by atoms with Gasteiger partial charge in [0.1, 0.15) is 10.8 Å². The molecule has 0 spiro atoms. The molecule has 35 heavy (non-hydrogen) atoms. The Kier molecular flexibility index (Phi) is 6.90. The summed E-state index contributed by atoms with van der Waals surface area (Å²) in [5.41, 5.74) is 5.64. The third-order valence-corrected chi connectivity index (χ3v) is 7.82. The monoisotopic (exact) mass is 485 g/mol. The van der Waals surface area contributed by atoms with Gasteiger partial charge in [-0.25, -0.2) is 4.98 Å². The molecule has 1 aromatic heterocycles. The van der Waals surface area contributed by atoms with Crippen LogP contribution < -0.4 is 10.1 Å². The van der Waals surface area contributed by atoms with E-state index < -0.39 is 0 Å². The third-order valence-electron chi connectivity index (χ3n) is 6.74. The zero-order chi connectivity index (χ0) is 24.4. The third kappa shape index (κ3) is 4.98. The highest BCUT2D eigenvalue weighted by atomic mass is 32.1. The van der Waals surface area contributed by atoms with Crippen molar-refractivity contribution < 1.29 is 9.53 Å². The molecule has 1 N–H and O–H groups in total. The van der Waals surface area contributed by atoms with Gasteiger partial charge in [-0.05, 0) is 74.4 Å². The second kappa shape index (κ2) is 10.2. The molecule has 1 aliphatic heterocycles. The Hall–Kier alpha value is -3.14. The van der Waals surface area contributed by atoms with Crippen LogP contribution in [0.2, 0.25) is 0 Å². The smallest absolute Gasteiger partial charge is 0.236 e. The number of fused-ring (bicyclic) bond motifs is 1. The van der Waals surface area contributed by atoms with Gasteiger partial charge in [0.15, 0.2) is 0 Å². The molecule has 2 aromatic carbocycles. The molecule has 0 bridgehead atoms. The predicted octanol–water partition coefficient (Wildman–Crippen LogP) is 5.44. The van der Waals surface area contributed by atoms with E-state index in [0.717, 1.165) is 65.5 Å². The summed E-state index contributed by atoms with van der Waals surface area (Å²) < 4.78 is 5.84. The summed E-state index contributed by atoms with van der Waals surface area (Å²) >= 11 is 1.68. The predicted molar refractivity (Wildman–Crippen MR) is 142 cm³/mol. The second-order valence-electron chi connectivity index (χ2n) is 9.48. The van der Waals surface area contributed by atoms with Crippen molar-refractivity contribution in [2.45, 2.75) is 51.7 Å². The number of hydrogen-bond donors (Lipinski definition) is 1. The number of carbonyl (C=O) groups is 1. The number of likely N-dealkylation sites (tertiary alicyclic amines) is 1. The van der Waals surface area contributed by atoms with Crippen molar-refractivity contribution in [3.05, 3.63) is 59.3 Å². The summed E-state index contributed by atoms with van der Waals surface area (Å²) in [7, 11) is 0. The zero-order valence-electron chi connectivity index (χ0n) is 20.3. The number of hydrogen-bond acceptors (Lipinski definition) is 5. The maximum atomic E-state index is 12.5. The van der Waals surface area contributed by atoms with Gasteiger partial charge < -0.3 is 15.0 Å². The quantitative estimate of drug-likeness (QED) is 0.453. The number of terminal acetylenes is 1. The van der Waals surface area contributed by atoms with E-state index in [4.69, 9.17) is 16.1 Å². The van der Waals surface area contributed by atoms with Gasteiger partial charge in [-0.2, -0.15) is 0 Å². The van der Waals surface area contributed by atoms with Crippen LogP contribution in [-0.4, -0.2) is 41.5 Å². The largest absolute Gasteiger partial charge is 0.490 e. The van der Waals surface area contributed by atoms with E-state index in [-0.39, 0.29) is 18.1 Å². The van der Waals surface area contributed by atoms with Gasteiger partial charge in [0.05, 0.1) is 23.1 Å². The molecule has 5 rings (SSSR count). The minimum absolute atomic E-state index is 0.0660. The molecule has 5 nitrogen and oxygen atoms in total. The van der Waals surface area contributed by atoms with E-state index in [1.807, 2.05) is 43.1 Å². The molecule has 180 valence electrons. The number of amides is 1. The fourth-order valence-corrected chi connectivity index (χ4v) is 6.02. The molecule has 1 atom stereocenters. The number of benzene rings is 2. The van der Waals surface area contributed by atoms with Crippen LogP contribution in [0.4, 0.5) is 0 Å². The minimum atomic E-state index is 0.0660. The average molecular weight is 486 g/mol. The molecule has 2 aliphatic rings. The first-order chi connectivity index (χ1) is 17.0. The van der Waals surface area contributed by atoms with Crippen molar-refractivity contribution in [1.29, 1.82) is 0 Å². The highest BCUT2D eigenvalue weighted by Gasteiger charge is 2.27. The summed E-state index contributed by atoms with van der Waals surface area (Å²) in [5, 5.41) is 4.46. The van der Waals surface area contributed by atoms with E-state index in [1.165, 1.54) is 16.7 Å². The highest BCUT2D eigenvalue weighted by molar-refractivity contribution is 7.18. The van der Waals surface area contributed by atoms with Crippen LogP contribution in [-0.2, 0) is 11.2 Å². The second-order valence-corrected chi connectivity index (χ2v) is 10.5. The van der Waals surface area contributed by atoms with Crippen molar-refractivity contribution in [3.8, 4) is 39.1 Å².